The molecule has 0 amide bonds. The first-order valence-corrected chi connectivity index (χ1v) is 6.96. The Bertz CT molecular complexity index is 605. The van der Waals surface area contributed by atoms with Gasteiger partial charge in [0.1, 0.15) is 12.0 Å². The first-order chi connectivity index (χ1) is 9.56. The molecule has 6 heteroatoms. The van der Waals surface area contributed by atoms with Gasteiger partial charge in [-0.05, 0) is 34.8 Å². The lowest BCUT2D eigenvalue weighted by molar-refractivity contribution is -0.385. The summed E-state index contributed by atoms with van der Waals surface area (Å²) in [5.74, 6) is 0.610. The van der Waals surface area contributed by atoms with Gasteiger partial charge in [0.15, 0.2) is 0 Å². The quantitative estimate of drug-likeness (QED) is 0.666. The molecule has 0 aliphatic carbocycles. The fourth-order valence-electron chi connectivity index (χ4n) is 1.89. The zero-order valence-electron chi connectivity index (χ0n) is 10.9. The number of anilines is 1. The maximum absolute atomic E-state index is 10.7. The monoisotopic (exact) mass is 335 g/mol. The number of nitro groups is 1. The third-order valence-electron chi connectivity index (χ3n) is 2.81. The van der Waals surface area contributed by atoms with E-state index in [1.807, 2.05) is 25.1 Å². The number of pyridine rings is 1. The minimum Gasteiger partial charge on any atom is -0.366 e. The van der Waals surface area contributed by atoms with Crippen LogP contribution in [0.4, 0.5) is 11.5 Å². The van der Waals surface area contributed by atoms with Crippen molar-refractivity contribution in [1.82, 2.24) is 4.98 Å². The van der Waals surface area contributed by atoms with Crippen LogP contribution < -0.4 is 5.32 Å². The molecule has 2 aromatic rings. The van der Waals surface area contributed by atoms with Gasteiger partial charge in [-0.1, -0.05) is 30.3 Å². The number of hydrogen-bond acceptors (Lipinski definition) is 4. The Labute approximate surface area is 125 Å². The Morgan fingerprint density at radius 2 is 2.10 bits per heavy atom. The van der Waals surface area contributed by atoms with Gasteiger partial charge >= 0.3 is 0 Å². The van der Waals surface area contributed by atoms with Gasteiger partial charge < -0.3 is 5.32 Å². The van der Waals surface area contributed by atoms with Gasteiger partial charge in [-0.3, -0.25) is 10.1 Å². The second kappa shape index (κ2) is 6.47. The second-order valence-electron chi connectivity index (χ2n) is 4.52. The lowest BCUT2D eigenvalue weighted by atomic mass is 10.1. The van der Waals surface area contributed by atoms with E-state index in [4.69, 9.17) is 0 Å². The summed E-state index contributed by atoms with van der Waals surface area (Å²) in [5, 5.41) is 13.9. The van der Waals surface area contributed by atoms with Crippen molar-refractivity contribution in [1.29, 1.82) is 0 Å². The Hall–Kier alpha value is -1.95. The van der Waals surface area contributed by atoms with Crippen LogP contribution in [-0.2, 0) is 6.42 Å². The molecule has 1 aromatic carbocycles. The van der Waals surface area contributed by atoms with Gasteiger partial charge in [-0.25, -0.2) is 4.98 Å². The van der Waals surface area contributed by atoms with Crippen LogP contribution in [0.2, 0.25) is 0 Å². The van der Waals surface area contributed by atoms with Crippen molar-refractivity contribution in [2.24, 2.45) is 0 Å². The average Bonchev–Trinajstić information content (AvgIpc) is 2.42. The van der Waals surface area contributed by atoms with Crippen LogP contribution in [0, 0.1) is 10.1 Å². The molecule has 1 heterocycles. The predicted octanol–water partition coefficient (Wildman–Crippen LogP) is 3.80. The van der Waals surface area contributed by atoms with Crippen molar-refractivity contribution in [2.75, 3.05) is 5.32 Å². The molecule has 0 spiro atoms. The molecule has 1 aromatic heterocycles. The summed E-state index contributed by atoms with van der Waals surface area (Å²) in [6.07, 6.45) is 2.11. The molecule has 20 heavy (non-hydrogen) atoms. The SMILES string of the molecule is CC(Cc1ccccc1)Nc1ncc([N+](=O)[O-])cc1Br. The highest BCUT2D eigenvalue weighted by Crippen LogP contribution is 2.25. The maximum atomic E-state index is 10.7. The summed E-state index contributed by atoms with van der Waals surface area (Å²) >= 11 is 3.30. The van der Waals surface area contributed by atoms with Crippen LogP contribution in [0.15, 0.2) is 47.1 Å². The third kappa shape index (κ3) is 3.77. The van der Waals surface area contributed by atoms with E-state index in [0.717, 1.165) is 6.42 Å². The molecule has 2 rings (SSSR count). The van der Waals surface area contributed by atoms with Gasteiger partial charge in [0.2, 0.25) is 0 Å². The Balaban J connectivity index is 2.04. The smallest absolute Gasteiger partial charge is 0.288 e. The molecule has 1 N–H and O–H groups in total. The van der Waals surface area contributed by atoms with Crippen LogP contribution in [0.5, 0.6) is 0 Å². The fourth-order valence-corrected chi connectivity index (χ4v) is 2.34. The summed E-state index contributed by atoms with van der Waals surface area (Å²) in [4.78, 5) is 14.3. The summed E-state index contributed by atoms with van der Waals surface area (Å²) in [7, 11) is 0. The Morgan fingerprint density at radius 1 is 1.40 bits per heavy atom. The Morgan fingerprint density at radius 3 is 2.70 bits per heavy atom. The van der Waals surface area contributed by atoms with Crippen molar-refractivity contribution >= 4 is 27.4 Å². The molecule has 1 atom stereocenters. The highest BCUT2D eigenvalue weighted by molar-refractivity contribution is 9.10. The van der Waals surface area contributed by atoms with Crippen LogP contribution in [0.1, 0.15) is 12.5 Å². The molecule has 0 radical (unpaired) electrons. The zero-order valence-corrected chi connectivity index (χ0v) is 12.5. The highest BCUT2D eigenvalue weighted by atomic mass is 79.9. The topological polar surface area (TPSA) is 68.1 Å². The van der Waals surface area contributed by atoms with Gasteiger partial charge in [0, 0.05) is 12.1 Å². The number of rotatable bonds is 5. The molecule has 0 fully saturated rings. The van der Waals surface area contributed by atoms with E-state index in [1.54, 1.807) is 0 Å². The lowest BCUT2D eigenvalue weighted by Gasteiger charge is -2.15. The summed E-state index contributed by atoms with van der Waals surface area (Å²) in [6, 6.07) is 11.7. The molecule has 1 unspecified atom stereocenters. The van der Waals surface area contributed by atoms with Crippen molar-refractivity contribution < 1.29 is 4.92 Å². The van der Waals surface area contributed by atoms with Gasteiger partial charge in [-0.2, -0.15) is 0 Å². The zero-order chi connectivity index (χ0) is 14.5. The van der Waals surface area contributed by atoms with E-state index in [1.165, 1.54) is 17.8 Å². The number of nitrogens with zero attached hydrogens (tertiary/aromatic N) is 2. The largest absolute Gasteiger partial charge is 0.366 e. The average molecular weight is 336 g/mol. The van der Waals surface area contributed by atoms with Crippen LogP contribution in [0.3, 0.4) is 0 Å². The molecule has 5 nitrogen and oxygen atoms in total. The molecule has 0 aliphatic heterocycles. The molecule has 0 aliphatic rings. The number of halogens is 1. The minimum absolute atomic E-state index is 0.0295. The van der Waals surface area contributed by atoms with E-state index in [-0.39, 0.29) is 11.7 Å². The second-order valence-corrected chi connectivity index (χ2v) is 5.37. The summed E-state index contributed by atoms with van der Waals surface area (Å²) in [6.45, 7) is 2.04. The summed E-state index contributed by atoms with van der Waals surface area (Å²) in [5.41, 5.74) is 1.20. The number of aromatic nitrogens is 1. The first kappa shape index (κ1) is 14.5. The fraction of sp³-hybridized carbons (Fsp3) is 0.214. The van der Waals surface area contributed by atoms with Crippen molar-refractivity contribution in [3.63, 3.8) is 0 Å². The first-order valence-electron chi connectivity index (χ1n) is 6.16. The number of nitrogens with one attached hydrogen (secondary N) is 1. The maximum Gasteiger partial charge on any atom is 0.288 e. The third-order valence-corrected chi connectivity index (χ3v) is 3.41. The van der Waals surface area contributed by atoms with E-state index >= 15 is 0 Å². The molecular weight excluding hydrogens is 322 g/mol. The standard InChI is InChI=1S/C14H14BrN3O2/c1-10(7-11-5-3-2-4-6-11)17-14-13(15)8-12(9-16-14)18(19)20/h2-6,8-10H,7H2,1H3,(H,16,17). The molecule has 0 bridgehead atoms. The minimum atomic E-state index is -0.463. The molecular formula is C14H14BrN3O2. The molecule has 104 valence electrons. The number of benzene rings is 1. The van der Waals surface area contributed by atoms with E-state index in [2.05, 4.69) is 38.4 Å². The van der Waals surface area contributed by atoms with Crippen LogP contribution >= 0.6 is 15.9 Å². The van der Waals surface area contributed by atoms with Crippen molar-refractivity contribution in [3.8, 4) is 0 Å². The van der Waals surface area contributed by atoms with E-state index < -0.39 is 4.92 Å². The molecule has 0 saturated heterocycles. The van der Waals surface area contributed by atoms with E-state index in [9.17, 15) is 10.1 Å². The van der Waals surface area contributed by atoms with Crippen molar-refractivity contribution in [3.05, 3.63) is 62.7 Å². The Kier molecular flexibility index (Phi) is 4.68. The van der Waals surface area contributed by atoms with Crippen LogP contribution in [-0.4, -0.2) is 15.9 Å². The predicted molar refractivity (Wildman–Crippen MR) is 81.8 cm³/mol. The number of hydrogen-bond donors (Lipinski definition) is 1. The normalized spacial score (nSPS) is 11.9. The summed E-state index contributed by atoms with van der Waals surface area (Å²) < 4.78 is 0.589. The van der Waals surface area contributed by atoms with Gasteiger partial charge in [0.05, 0.1) is 9.40 Å². The molecule has 0 saturated carbocycles. The lowest BCUT2D eigenvalue weighted by Crippen LogP contribution is -2.19. The van der Waals surface area contributed by atoms with Crippen molar-refractivity contribution in [2.45, 2.75) is 19.4 Å². The highest BCUT2D eigenvalue weighted by Gasteiger charge is 2.12. The van der Waals surface area contributed by atoms with Crippen LogP contribution in [0.25, 0.3) is 0 Å². The van der Waals surface area contributed by atoms with Gasteiger partial charge in [-0.15, -0.1) is 0 Å². The van der Waals surface area contributed by atoms with E-state index in [0.29, 0.717) is 10.3 Å². The van der Waals surface area contributed by atoms with Gasteiger partial charge in [0.25, 0.3) is 5.69 Å².